The molecule has 0 radical (unpaired) electrons. The minimum absolute atomic E-state index is 0.194. The molecule has 1 unspecified atom stereocenters. The van der Waals surface area contributed by atoms with Gasteiger partial charge in [0.25, 0.3) is 0 Å². The number of aromatic carboxylic acids is 1. The first-order valence-electron chi connectivity index (χ1n) is 5.73. The Kier molecular flexibility index (Phi) is 4.97. The SMILES string of the molecule is Cc1cc(C(=O)O)ccc1NCC(C)CCO. The van der Waals surface area contributed by atoms with E-state index in [-0.39, 0.29) is 6.61 Å². The molecular weight excluding hydrogens is 218 g/mol. The number of carbonyl (C=O) groups is 1. The van der Waals surface area contributed by atoms with Crippen molar-refractivity contribution in [3.8, 4) is 0 Å². The number of hydrogen-bond acceptors (Lipinski definition) is 3. The van der Waals surface area contributed by atoms with Crippen molar-refractivity contribution in [2.45, 2.75) is 20.3 Å². The summed E-state index contributed by atoms with van der Waals surface area (Å²) in [6, 6.07) is 5.03. The summed E-state index contributed by atoms with van der Waals surface area (Å²) in [5.74, 6) is -0.521. The number of aliphatic hydroxyl groups is 1. The summed E-state index contributed by atoms with van der Waals surface area (Å²) in [7, 11) is 0. The fourth-order valence-electron chi connectivity index (χ4n) is 1.60. The highest BCUT2D eigenvalue weighted by Gasteiger charge is 2.06. The van der Waals surface area contributed by atoms with Gasteiger partial charge in [-0.1, -0.05) is 6.92 Å². The molecule has 0 saturated carbocycles. The van der Waals surface area contributed by atoms with E-state index in [1.54, 1.807) is 18.2 Å². The van der Waals surface area contributed by atoms with Crippen molar-refractivity contribution in [1.29, 1.82) is 0 Å². The fraction of sp³-hybridized carbons (Fsp3) is 0.462. The van der Waals surface area contributed by atoms with Crippen LogP contribution < -0.4 is 5.32 Å². The zero-order valence-corrected chi connectivity index (χ0v) is 10.2. The lowest BCUT2D eigenvalue weighted by molar-refractivity contribution is 0.0697. The van der Waals surface area contributed by atoms with Crippen LogP contribution in [-0.2, 0) is 0 Å². The fourth-order valence-corrected chi connectivity index (χ4v) is 1.60. The standard InChI is InChI=1S/C13H19NO3/c1-9(5-6-15)8-14-12-4-3-11(13(16)17)7-10(12)2/h3-4,7,9,14-15H,5-6,8H2,1-2H3,(H,16,17). The predicted molar refractivity (Wildman–Crippen MR) is 67.5 cm³/mol. The Morgan fingerprint density at radius 3 is 2.71 bits per heavy atom. The zero-order chi connectivity index (χ0) is 12.8. The maximum Gasteiger partial charge on any atom is 0.335 e. The van der Waals surface area contributed by atoms with Crippen LogP contribution in [0.5, 0.6) is 0 Å². The third kappa shape index (κ3) is 4.07. The number of carboxylic acids is 1. The van der Waals surface area contributed by atoms with Gasteiger partial charge in [-0.3, -0.25) is 0 Å². The lowest BCUT2D eigenvalue weighted by Crippen LogP contribution is -2.13. The van der Waals surface area contributed by atoms with Crippen LogP contribution in [0.3, 0.4) is 0 Å². The summed E-state index contributed by atoms with van der Waals surface area (Å²) in [4.78, 5) is 10.8. The molecule has 0 saturated heterocycles. The number of aliphatic hydroxyl groups excluding tert-OH is 1. The lowest BCUT2D eigenvalue weighted by Gasteiger charge is -2.14. The predicted octanol–water partition coefficient (Wildman–Crippen LogP) is 2.12. The van der Waals surface area contributed by atoms with Crippen LogP contribution in [0.25, 0.3) is 0 Å². The van der Waals surface area contributed by atoms with E-state index in [0.29, 0.717) is 11.5 Å². The van der Waals surface area contributed by atoms with Crippen molar-refractivity contribution in [3.63, 3.8) is 0 Å². The molecule has 1 rings (SSSR count). The molecule has 94 valence electrons. The monoisotopic (exact) mass is 237 g/mol. The number of nitrogens with one attached hydrogen (secondary N) is 1. The Morgan fingerprint density at radius 1 is 1.47 bits per heavy atom. The Balaban J connectivity index is 2.63. The van der Waals surface area contributed by atoms with E-state index < -0.39 is 5.97 Å². The average Bonchev–Trinajstić information content (AvgIpc) is 2.27. The minimum atomic E-state index is -0.909. The van der Waals surface area contributed by atoms with E-state index in [0.717, 1.165) is 24.2 Å². The van der Waals surface area contributed by atoms with E-state index >= 15 is 0 Å². The molecule has 0 amide bonds. The summed E-state index contributed by atoms with van der Waals surface area (Å²) in [5, 5.41) is 20.9. The molecule has 1 atom stereocenters. The smallest absolute Gasteiger partial charge is 0.335 e. The first-order valence-corrected chi connectivity index (χ1v) is 5.73. The van der Waals surface area contributed by atoms with Crippen molar-refractivity contribution >= 4 is 11.7 Å². The first-order chi connectivity index (χ1) is 8.04. The Bertz CT molecular complexity index is 390. The lowest BCUT2D eigenvalue weighted by atomic mass is 10.1. The van der Waals surface area contributed by atoms with E-state index in [9.17, 15) is 4.79 Å². The molecule has 0 spiro atoms. The molecule has 17 heavy (non-hydrogen) atoms. The van der Waals surface area contributed by atoms with Crippen LogP contribution in [0.15, 0.2) is 18.2 Å². The van der Waals surface area contributed by atoms with Gasteiger partial charge in [0.05, 0.1) is 5.56 Å². The Labute approximate surface area is 101 Å². The highest BCUT2D eigenvalue weighted by Crippen LogP contribution is 2.17. The molecule has 0 aromatic heterocycles. The molecule has 4 heteroatoms. The van der Waals surface area contributed by atoms with Gasteiger partial charge in [0.1, 0.15) is 0 Å². The van der Waals surface area contributed by atoms with Gasteiger partial charge < -0.3 is 15.5 Å². The van der Waals surface area contributed by atoms with Crippen LogP contribution in [0.4, 0.5) is 5.69 Å². The second kappa shape index (κ2) is 6.25. The highest BCUT2D eigenvalue weighted by molar-refractivity contribution is 5.88. The molecule has 1 aromatic rings. The number of anilines is 1. The number of aryl methyl sites for hydroxylation is 1. The topological polar surface area (TPSA) is 69.6 Å². The minimum Gasteiger partial charge on any atom is -0.478 e. The van der Waals surface area contributed by atoms with E-state index in [4.69, 9.17) is 10.2 Å². The van der Waals surface area contributed by atoms with Gasteiger partial charge in [-0.2, -0.15) is 0 Å². The van der Waals surface area contributed by atoms with Crippen LogP contribution in [0.1, 0.15) is 29.3 Å². The van der Waals surface area contributed by atoms with E-state index in [2.05, 4.69) is 12.2 Å². The van der Waals surface area contributed by atoms with E-state index in [1.165, 1.54) is 0 Å². The first kappa shape index (κ1) is 13.5. The molecule has 0 aliphatic carbocycles. The molecular formula is C13H19NO3. The Hall–Kier alpha value is -1.55. The van der Waals surface area contributed by atoms with Crippen LogP contribution in [-0.4, -0.2) is 29.3 Å². The van der Waals surface area contributed by atoms with Gasteiger partial charge in [-0.25, -0.2) is 4.79 Å². The maximum absolute atomic E-state index is 10.8. The number of carboxylic acid groups (broad SMARTS) is 1. The zero-order valence-electron chi connectivity index (χ0n) is 10.2. The van der Waals surface area contributed by atoms with E-state index in [1.807, 2.05) is 6.92 Å². The molecule has 0 aliphatic rings. The maximum atomic E-state index is 10.8. The second-order valence-corrected chi connectivity index (χ2v) is 4.33. The van der Waals surface area contributed by atoms with Crippen LogP contribution in [0.2, 0.25) is 0 Å². The largest absolute Gasteiger partial charge is 0.478 e. The molecule has 0 aliphatic heterocycles. The third-order valence-corrected chi connectivity index (χ3v) is 2.74. The van der Waals surface area contributed by atoms with Crippen molar-refractivity contribution in [3.05, 3.63) is 29.3 Å². The molecule has 3 N–H and O–H groups in total. The third-order valence-electron chi connectivity index (χ3n) is 2.74. The van der Waals surface area contributed by atoms with Gasteiger partial charge in [0, 0.05) is 18.8 Å². The summed E-state index contributed by atoms with van der Waals surface area (Å²) >= 11 is 0. The Morgan fingerprint density at radius 2 is 2.18 bits per heavy atom. The quantitative estimate of drug-likeness (QED) is 0.709. The van der Waals surface area contributed by atoms with Crippen molar-refractivity contribution in [1.82, 2.24) is 0 Å². The van der Waals surface area contributed by atoms with Crippen molar-refractivity contribution in [2.75, 3.05) is 18.5 Å². The number of benzene rings is 1. The van der Waals surface area contributed by atoms with Gasteiger partial charge in [-0.15, -0.1) is 0 Å². The van der Waals surface area contributed by atoms with Crippen LogP contribution in [0, 0.1) is 12.8 Å². The van der Waals surface area contributed by atoms with Gasteiger partial charge in [0.15, 0.2) is 0 Å². The normalized spacial score (nSPS) is 12.2. The summed E-state index contributed by atoms with van der Waals surface area (Å²) < 4.78 is 0. The summed E-state index contributed by atoms with van der Waals surface area (Å²) in [5.41, 5.74) is 2.16. The van der Waals surface area contributed by atoms with Crippen molar-refractivity contribution in [2.24, 2.45) is 5.92 Å². The highest BCUT2D eigenvalue weighted by atomic mass is 16.4. The molecule has 1 aromatic carbocycles. The summed E-state index contributed by atoms with van der Waals surface area (Å²) in [6.07, 6.45) is 0.763. The molecule has 0 bridgehead atoms. The van der Waals surface area contributed by atoms with Gasteiger partial charge >= 0.3 is 5.97 Å². The van der Waals surface area contributed by atoms with Crippen LogP contribution >= 0.6 is 0 Å². The number of hydrogen-bond donors (Lipinski definition) is 3. The molecule has 0 heterocycles. The molecule has 4 nitrogen and oxygen atoms in total. The van der Waals surface area contributed by atoms with Crippen molar-refractivity contribution < 1.29 is 15.0 Å². The van der Waals surface area contributed by atoms with Gasteiger partial charge in [-0.05, 0) is 43.0 Å². The average molecular weight is 237 g/mol. The molecule has 0 fully saturated rings. The summed E-state index contributed by atoms with van der Waals surface area (Å²) in [6.45, 7) is 4.91. The number of rotatable bonds is 6. The second-order valence-electron chi connectivity index (χ2n) is 4.33. The van der Waals surface area contributed by atoms with Gasteiger partial charge in [0.2, 0.25) is 0 Å².